The zero-order valence-electron chi connectivity index (χ0n) is 23.9. The fraction of sp³-hybridized carbons (Fsp3) is 0.188. The zero-order chi connectivity index (χ0) is 32.0. The lowest BCUT2D eigenvalue weighted by molar-refractivity contribution is -0.122. The van der Waals surface area contributed by atoms with Crippen molar-refractivity contribution >= 4 is 43.7 Å². The first kappa shape index (κ1) is 32.4. The Bertz CT molecular complexity index is 1870. The number of carbonyl (C=O) groups is 2. The number of rotatable bonds is 12. The number of nitrogens with one attached hydrogen (secondary N) is 2. The molecule has 3 N–H and O–H groups in total. The molecule has 1 saturated heterocycles. The van der Waals surface area contributed by atoms with E-state index < -0.39 is 43.3 Å². The Labute approximate surface area is 266 Å². The summed E-state index contributed by atoms with van der Waals surface area (Å²) in [4.78, 5) is 24.8. The van der Waals surface area contributed by atoms with Crippen molar-refractivity contribution in [2.45, 2.75) is 27.6 Å². The molecule has 1 aliphatic heterocycles. The smallest absolute Gasteiger partial charge is 0.335 e. The number of sulfonamides is 2. The topological polar surface area (TPSA) is 150 Å². The van der Waals surface area contributed by atoms with Crippen molar-refractivity contribution in [2.75, 3.05) is 18.8 Å². The van der Waals surface area contributed by atoms with E-state index in [0.717, 1.165) is 17.2 Å². The Balaban J connectivity index is 1.29. The first-order valence-corrected chi connectivity index (χ1v) is 18.0. The molecule has 1 unspecified atom stereocenters. The molecular formula is C32H31N3O7S3. The van der Waals surface area contributed by atoms with E-state index in [1.807, 2.05) is 36.4 Å². The molecule has 1 aliphatic rings. The van der Waals surface area contributed by atoms with Gasteiger partial charge in [0.05, 0.1) is 21.4 Å². The summed E-state index contributed by atoms with van der Waals surface area (Å²) in [5.74, 6) is -1.32. The highest BCUT2D eigenvalue weighted by Gasteiger charge is 2.40. The molecular weight excluding hydrogens is 635 g/mol. The molecule has 1 fully saturated rings. The minimum absolute atomic E-state index is 0.0763. The van der Waals surface area contributed by atoms with Crippen molar-refractivity contribution in [1.82, 2.24) is 14.3 Å². The average molecular weight is 666 g/mol. The lowest BCUT2D eigenvalue weighted by Gasteiger charge is -2.26. The number of benzene rings is 4. The van der Waals surface area contributed by atoms with Crippen LogP contribution in [0.1, 0.15) is 28.4 Å². The summed E-state index contributed by atoms with van der Waals surface area (Å²) in [5.41, 5.74) is 2.38. The van der Waals surface area contributed by atoms with Crippen molar-refractivity contribution in [3.63, 3.8) is 0 Å². The number of carboxylic acids is 1. The Kier molecular flexibility index (Phi) is 10.0. The van der Waals surface area contributed by atoms with Crippen LogP contribution in [0.15, 0.2) is 119 Å². The van der Waals surface area contributed by atoms with Gasteiger partial charge in [-0.05, 0) is 53.4 Å². The van der Waals surface area contributed by atoms with Crippen LogP contribution in [-0.4, -0.2) is 62.3 Å². The molecule has 5 rings (SSSR count). The van der Waals surface area contributed by atoms with Crippen LogP contribution in [0.4, 0.5) is 0 Å². The molecule has 2 atom stereocenters. The molecule has 0 spiro atoms. The van der Waals surface area contributed by atoms with Crippen molar-refractivity contribution < 1.29 is 31.5 Å². The molecule has 45 heavy (non-hydrogen) atoms. The van der Waals surface area contributed by atoms with Gasteiger partial charge in [0.1, 0.15) is 5.37 Å². The Hall–Kier alpha value is -4.01. The molecule has 0 aromatic heterocycles. The van der Waals surface area contributed by atoms with E-state index in [1.165, 1.54) is 34.3 Å². The van der Waals surface area contributed by atoms with E-state index in [2.05, 4.69) is 10.0 Å². The maximum absolute atomic E-state index is 13.7. The maximum Gasteiger partial charge on any atom is 0.335 e. The molecule has 0 saturated carbocycles. The minimum Gasteiger partial charge on any atom is -0.478 e. The summed E-state index contributed by atoms with van der Waals surface area (Å²) in [7, 11) is -8.03. The number of carbonyl (C=O) groups excluding carboxylic acids is 1. The van der Waals surface area contributed by atoms with Gasteiger partial charge in [0.15, 0.2) is 0 Å². The van der Waals surface area contributed by atoms with Crippen LogP contribution >= 0.6 is 11.8 Å². The summed E-state index contributed by atoms with van der Waals surface area (Å²) in [5, 5.41) is 11.1. The van der Waals surface area contributed by atoms with Gasteiger partial charge in [0.2, 0.25) is 26.0 Å². The average Bonchev–Trinajstić information content (AvgIpc) is 3.57. The normalized spacial score (nSPS) is 16.2. The van der Waals surface area contributed by atoms with Crippen molar-refractivity contribution in [3.05, 3.63) is 120 Å². The third kappa shape index (κ3) is 7.63. The third-order valence-corrected chi connectivity index (χ3v) is 11.9. The van der Waals surface area contributed by atoms with Crippen LogP contribution in [0, 0.1) is 0 Å². The van der Waals surface area contributed by atoms with Crippen LogP contribution in [-0.2, 0) is 24.8 Å². The second-order valence-corrected chi connectivity index (χ2v) is 15.1. The molecule has 4 aromatic rings. The molecule has 234 valence electrons. The highest BCUT2D eigenvalue weighted by atomic mass is 32.2. The highest BCUT2D eigenvalue weighted by molar-refractivity contribution is 8.02. The standard InChI is InChI=1S/C32H31N3O7S3/c36-30(31-35(20-21-43-31)45(41,42)27-16-14-24(15-17-27)23-8-3-1-4-9-23)34-29(25-10-5-2-6-11-25)18-19-33-44(39,40)28-13-7-12-26(22-28)32(37)38/h1-17,22,29,31,33H,18-21H2,(H,34,36)(H,37,38)/t29-,31?/m0/s1. The van der Waals surface area contributed by atoms with E-state index in [-0.39, 0.29) is 34.9 Å². The third-order valence-electron chi connectivity index (χ3n) is 7.28. The minimum atomic E-state index is -4.04. The number of aromatic carboxylic acids is 1. The highest BCUT2D eigenvalue weighted by Crippen LogP contribution is 2.32. The molecule has 10 nitrogen and oxygen atoms in total. The Morgan fingerprint density at radius 3 is 2.13 bits per heavy atom. The molecule has 13 heteroatoms. The summed E-state index contributed by atoms with van der Waals surface area (Å²) >= 11 is 1.22. The van der Waals surface area contributed by atoms with Crippen molar-refractivity contribution in [1.29, 1.82) is 0 Å². The number of thioether (sulfide) groups is 1. The number of hydrogen-bond donors (Lipinski definition) is 3. The predicted octanol–water partition coefficient (Wildman–Crippen LogP) is 4.34. The number of carboxylic acid groups (broad SMARTS) is 1. The van der Waals surface area contributed by atoms with E-state index in [1.54, 1.807) is 48.5 Å². The number of hydrogen-bond acceptors (Lipinski definition) is 7. The Morgan fingerprint density at radius 1 is 0.822 bits per heavy atom. The van der Waals surface area contributed by atoms with Gasteiger partial charge >= 0.3 is 5.97 Å². The van der Waals surface area contributed by atoms with Gasteiger partial charge in [0.25, 0.3) is 0 Å². The van der Waals surface area contributed by atoms with E-state index in [4.69, 9.17) is 0 Å². The van der Waals surface area contributed by atoms with Crippen LogP contribution in [0.25, 0.3) is 11.1 Å². The largest absolute Gasteiger partial charge is 0.478 e. The summed E-state index contributed by atoms with van der Waals surface area (Å²) in [6.45, 7) is 0.0871. The van der Waals surface area contributed by atoms with Gasteiger partial charge in [-0.15, -0.1) is 11.8 Å². The second kappa shape index (κ2) is 14.0. The van der Waals surface area contributed by atoms with E-state index in [9.17, 15) is 31.5 Å². The molecule has 4 aromatic carbocycles. The van der Waals surface area contributed by atoms with Gasteiger partial charge < -0.3 is 10.4 Å². The van der Waals surface area contributed by atoms with Gasteiger partial charge in [-0.25, -0.2) is 26.4 Å². The summed E-state index contributed by atoms with van der Waals surface area (Å²) < 4.78 is 56.7. The first-order valence-electron chi connectivity index (χ1n) is 14.0. The van der Waals surface area contributed by atoms with Gasteiger partial charge in [-0.1, -0.05) is 78.9 Å². The van der Waals surface area contributed by atoms with Gasteiger partial charge in [-0.2, -0.15) is 4.31 Å². The fourth-order valence-electron chi connectivity index (χ4n) is 4.96. The fourth-order valence-corrected chi connectivity index (χ4v) is 9.14. The lowest BCUT2D eigenvalue weighted by Crippen LogP contribution is -2.46. The van der Waals surface area contributed by atoms with Crippen LogP contribution in [0.2, 0.25) is 0 Å². The monoisotopic (exact) mass is 665 g/mol. The van der Waals surface area contributed by atoms with E-state index >= 15 is 0 Å². The SMILES string of the molecule is O=C(O)c1cccc(S(=O)(=O)NCC[C@H](NC(=O)C2SCCN2S(=O)(=O)c2ccc(-c3ccccc3)cc2)c2ccccc2)c1. The Morgan fingerprint density at radius 2 is 1.47 bits per heavy atom. The van der Waals surface area contributed by atoms with Crippen LogP contribution < -0.4 is 10.0 Å². The number of amides is 1. The first-order chi connectivity index (χ1) is 21.6. The van der Waals surface area contributed by atoms with Crippen molar-refractivity contribution in [2.24, 2.45) is 0 Å². The lowest BCUT2D eigenvalue weighted by atomic mass is 10.0. The van der Waals surface area contributed by atoms with E-state index in [0.29, 0.717) is 11.3 Å². The second-order valence-electron chi connectivity index (χ2n) is 10.2. The zero-order valence-corrected chi connectivity index (χ0v) is 26.4. The summed E-state index contributed by atoms with van der Waals surface area (Å²) in [6, 6.07) is 29.5. The summed E-state index contributed by atoms with van der Waals surface area (Å²) in [6.07, 6.45) is 0.151. The number of nitrogens with zero attached hydrogens (tertiary/aromatic N) is 1. The van der Waals surface area contributed by atoms with Crippen molar-refractivity contribution in [3.8, 4) is 11.1 Å². The predicted molar refractivity (Wildman–Crippen MR) is 173 cm³/mol. The molecule has 0 bridgehead atoms. The quantitative estimate of drug-likeness (QED) is 0.202. The van der Waals surface area contributed by atoms with Gasteiger partial charge in [0, 0.05) is 18.8 Å². The van der Waals surface area contributed by atoms with Crippen LogP contribution in [0.5, 0.6) is 0 Å². The maximum atomic E-state index is 13.7. The molecule has 0 radical (unpaired) electrons. The molecule has 0 aliphatic carbocycles. The molecule has 1 heterocycles. The molecule has 1 amide bonds. The van der Waals surface area contributed by atoms with Crippen LogP contribution in [0.3, 0.4) is 0 Å². The van der Waals surface area contributed by atoms with Gasteiger partial charge in [-0.3, -0.25) is 4.79 Å².